The number of carbonyl (C=O) groups is 2. The molecule has 0 aliphatic carbocycles. The van der Waals surface area contributed by atoms with Crippen LogP contribution in [0.4, 0.5) is 0 Å². The number of fused-ring (bicyclic) bond motifs is 1. The Balaban J connectivity index is 1.99. The summed E-state index contributed by atoms with van der Waals surface area (Å²) >= 11 is 1.50. The van der Waals surface area contributed by atoms with Gasteiger partial charge in [0.25, 0.3) is 5.79 Å². The third kappa shape index (κ3) is 2.32. The van der Waals surface area contributed by atoms with E-state index in [2.05, 4.69) is 0 Å². The summed E-state index contributed by atoms with van der Waals surface area (Å²) in [6.45, 7) is 3.05. The van der Waals surface area contributed by atoms with Crippen molar-refractivity contribution in [1.29, 1.82) is 0 Å². The molecule has 102 valence electrons. The van der Waals surface area contributed by atoms with Gasteiger partial charge in [0, 0.05) is 23.4 Å². The van der Waals surface area contributed by atoms with Gasteiger partial charge in [-0.15, -0.1) is 11.3 Å². The van der Waals surface area contributed by atoms with E-state index < -0.39 is 17.7 Å². The third-order valence-electron chi connectivity index (χ3n) is 2.85. The summed E-state index contributed by atoms with van der Waals surface area (Å²) in [5.74, 6) is -2.50. The van der Waals surface area contributed by atoms with Crippen molar-refractivity contribution in [1.82, 2.24) is 0 Å². The van der Waals surface area contributed by atoms with Gasteiger partial charge in [-0.1, -0.05) is 18.2 Å². The van der Waals surface area contributed by atoms with Gasteiger partial charge in [0.05, 0.1) is 0 Å². The van der Waals surface area contributed by atoms with Crippen molar-refractivity contribution in [3.05, 3.63) is 40.8 Å². The summed E-state index contributed by atoms with van der Waals surface area (Å²) in [5, 5.41) is 1.07. The summed E-state index contributed by atoms with van der Waals surface area (Å²) in [4.78, 5) is 24.5. The molecule has 0 spiro atoms. The maximum absolute atomic E-state index is 11.9. The van der Waals surface area contributed by atoms with E-state index in [4.69, 9.17) is 9.47 Å². The summed E-state index contributed by atoms with van der Waals surface area (Å²) in [6.07, 6.45) is 1.52. The van der Waals surface area contributed by atoms with Gasteiger partial charge in [0.1, 0.15) is 5.57 Å². The Bertz CT molecular complexity index is 684. The fraction of sp³-hybridized carbons (Fsp3) is 0.200. The minimum atomic E-state index is -1.20. The topological polar surface area (TPSA) is 52.6 Å². The molecule has 2 aromatic rings. The second kappa shape index (κ2) is 4.45. The van der Waals surface area contributed by atoms with Crippen LogP contribution >= 0.6 is 11.3 Å². The number of cyclic esters (lactones) is 2. The minimum Gasteiger partial charge on any atom is -0.419 e. The van der Waals surface area contributed by atoms with Crippen molar-refractivity contribution in [3.63, 3.8) is 0 Å². The van der Waals surface area contributed by atoms with Gasteiger partial charge in [0.2, 0.25) is 0 Å². The lowest BCUT2D eigenvalue weighted by Crippen LogP contribution is -2.41. The van der Waals surface area contributed by atoms with E-state index in [1.165, 1.54) is 31.3 Å². The van der Waals surface area contributed by atoms with Crippen molar-refractivity contribution >= 4 is 39.4 Å². The first kappa shape index (κ1) is 12.9. The number of ether oxygens (including phenoxy) is 2. The number of hydrogen-bond donors (Lipinski definition) is 0. The fourth-order valence-electron chi connectivity index (χ4n) is 1.99. The van der Waals surface area contributed by atoms with Crippen LogP contribution in [0.3, 0.4) is 0 Å². The zero-order valence-electron chi connectivity index (χ0n) is 11.0. The molecule has 2 heterocycles. The number of carbonyl (C=O) groups excluding carboxylic acids is 2. The molecule has 0 radical (unpaired) electrons. The Morgan fingerprint density at radius 1 is 1.10 bits per heavy atom. The first-order valence-corrected chi connectivity index (χ1v) is 6.93. The molecule has 20 heavy (non-hydrogen) atoms. The molecule has 5 heteroatoms. The van der Waals surface area contributed by atoms with Crippen LogP contribution in [-0.4, -0.2) is 17.7 Å². The van der Waals surface area contributed by atoms with E-state index in [9.17, 15) is 9.59 Å². The molecule has 1 aromatic carbocycles. The second-order valence-corrected chi connectivity index (χ2v) is 6.04. The molecule has 0 N–H and O–H groups in total. The average molecular weight is 288 g/mol. The maximum Gasteiger partial charge on any atom is 0.348 e. The van der Waals surface area contributed by atoms with Crippen LogP contribution in [0.15, 0.2) is 35.9 Å². The molecule has 3 rings (SSSR count). The largest absolute Gasteiger partial charge is 0.419 e. The van der Waals surface area contributed by atoms with Crippen LogP contribution in [-0.2, 0) is 19.1 Å². The molecule has 0 amide bonds. The van der Waals surface area contributed by atoms with Gasteiger partial charge in [-0.2, -0.15) is 0 Å². The number of thiophene rings is 1. The lowest BCUT2D eigenvalue weighted by Gasteiger charge is -2.29. The highest BCUT2D eigenvalue weighted by Crippen LogP contribution is 2.29. The molecule has 0 atom stereocenters. The maximum atomic E-state index is 11.9. The average Bonchev–Trinajstić information content (AvgIpc) is 2.75. The number of esters is 2. The molecule has 1 aromatic heterocycles. The van der Waals surface area contributed by atoms with Crippen molar-refractivity contribution in [2.45, 2.75) is 19.6 Å². The first-order chi connectivity index (χ1) is 9.44. The Labute approximate surface area is 119 Å². The summed E-state index contributed by atoms with van der Waals surface area (Å²) in [5.41, 5.74) is -0.0733. The van der Waals surface area contributed by atoms with Crippen molar-refractivity contribution < 1.29 is 19.1 Å². The van der Waals surface area contributed by atoms with Gasteiger partial charge in [0.15, 0.2) is 0 Å². The highest BCUT2D eigenvalue weighted by Gasteiger charge is 2.38. The van der Waals surface area contributed by atoms with Crippen LogP contribution in [0.2, 0.25) is 0 Å². The van der Waals surface area contributed by atoms with Gasteiger partial charge < -0.3 is 9.47 Å². The number of benzene rings is 1. The molecule has 0 unspecified atom stereocenters. The molecule has 1 aliphatic heterocycles. The summed E-state index contributed by atoms with van der Waals surface area (Å²) in [7, 11) is 0. The molecule has 0 saturated carbocycles. The van der Waals surface area contributed by atoms with Gasteiger partial charge in [-0.3, -0.25) is 0 Å². The van der Waals surface area contributed by atoms with E-state index in [-0.39, 0.29) is 5.57 Å². The highest BCUT2D eigenvalue weighted by molar-refractivity contribution is 7.19. The SMILES string of the molecule is CC1(C)OC(=O)C(=Cc2cc3ccccc3s2)C(=O)O1. The predicted molar refractivity (Wildman–Crippen MR) is 76.1 cm³/mol. The van der Waals surface area contributed by atoms with Crippen molar-refractivity contribution in [2.24, 2.45) is 0 Å². The molecule has 1 saturated heterocycles. The normalized spacial score (nSPS) is 17.8. The Morgan fingerprint density at radius 2 is 1.75 bits per heavy atom. The second-order valence-electron chi connectivity index (χ2n) is 4.92. The Morgan fingerprint density at radius 3 is 2.40 bits per heavy atom. The summed E-state index contributed by atoms with van der Waals surface area (Å²) < 4.78 is 11.2. The number of rotatable bonds is 1. The van der Waals surface area contributed by atoms with Crippen LogP contribution in [0.25, 0.3) is 16.2 Å². The molecule has 0 bridgehead atoms. The minimum absolute atomic E-state index is 0.0733. The number of hydrogen-bond acceptors (Lipinski definition) is 5. The summed E-state index contributed by atoms with van der Waals surface area (Å²) in [6, 6.07) is 9.78. The van der Waals surface area contributed by atoms with E-state index in [1.54, 1.807) is 0 Å². The van der Waals surface area contributed by atoms with Crippen LogP contribution in [0.1, 0.15) is 18.7 Å². The third-order valence-corrected chi connectivity index (χ3v) is 3.91. The quantitative estimate of drug-likeness (QED) is 0.459. The molecular formula is C15H12O4S. The van der Waals surface area contributed by atoms with Crippen molar-refractivity contribution in [2.75, 3.05) is 0 Å². The van der Waals surface area contributed by atoms with E-state index in [1.807, 2.05) is 30.3 Å². The van der Waals surface area contributed by atoms with Gasteiger partial charge in [-0.25, -0.2) is 9.59 Å². The molecule has 1 aliphatic rings. The lowest BCUT2D eigenvalue weighted by atomic mass is 10.2. The van der Waals surface area contributed by atoms with Gasteiger partial charge in [-0.05, 0) is 23.6 Å². The lowest BCUT2D eigenvalue weighted by molar-refractivity contribution is -0.222. The van der Waals surface area contributed by atoms with Crippen LogP contribution in [0.5, 0.6) is 0 Å². The van der Waals surface area contributed by atoms with E-state index >= 15 is 0 Å². The zero-order chi connectivity index (χ0) is 14.3. The molecular weight excluding hydrogens is 276 g/mol. The molecule has 4 nitrogen and oxygen atoms in total. The smallest absolute Gasteiger partial charge is 0.348 e. The Hall–Kier alpha value is -2.14. The van der Waals surface area contributed by atoms with E-state index in [0.717, 1.165) is 15.0 Å². The fourth-order valence-corrected chi connectivity index (χ4v) is 3.00. The van der Waals surface area contributed by atoms with E-state index in [0.29, 0.717) is 0 Å². The Kier molecular flexibility index (Phi) is 2.87. The van der Waals surface area contributed by atoms with Gasteiger partial charge >= 0.3 is 11.9 Å². The predicted octanol–water partition coefficient (Wildman–Crippen LogP) is 3.12. The standard InChI is InChI=1S/C15H12O4S/c1-15(2)18-13(16)11(14(17)19-15)8-10-7-9-5-3-4-6-12(9)20-10/h3-8H,1-2H3. The highest BCUT2D eigenvalue weighted by atomic mass is 32.1. The first-order valence-electron chi connectivity index (χ1n) is 6.12. The van der Waals surface area contributed by atoms with Crippen molar-refractivity contribution in [3.8, 4) is 0 Å². The van der Waals surface area contributed by atoms with Crippen LogP contribution < -0.4 is 0 Å². The van der Waals surface area contributed by atoms with Crippen LogP contribution in [0, 0.1) is 0 Å². The zero-order valence-corrected chi connectivity index (χ0v) is 11.8. The monoisotopic (exact) mass is 288 g/mol. The molecule has 1 fully saturated rings.